The molecule has 0 radical (unpaired) electrons. The summed E-state index contributed by atoms with van der Waals surface area (Å²) in [7, 11) is 0. The molecule has 0 aliphatic heterocycles. The molecule has 1 nitrogen and oxygen atoms in total. The van der Waals surface area contributed by atoms with Crippen molar-refractivity contribution in [2.24, 2.45) is 11.3 Å². The molecule has 1 atom stereocenters. The highest BCUT2D eigenvalue weighted by atomic mass is 16.1. The summed E-state index contributed by atoms with van der Waals surface area (Å²) < 4.78 is 0. The molecule has 0 aromatic rings. The van der Waals surface area contributed by atoms with Crippen molar-refractivity contribution in [2.75, 3.05) is 0 Å². The molecule has 0 aromatic heterocycles. The molecule has 0 N–H and O–H groups in total. The largest absolute Gasteiger partial charge is 0.299 e. The Morgan fingerprint density at radius 1 is 1.36 bits per heavy atom. The van der Waals surface area contributed by atoms with E-state index in [2.05, 4.69) is 20.8 Å². The van der Waals surface area contributed by atoms with E-state index in [9.17, 15) is 4.79 Å². The first-order valence-electron chi connectivity index (χ1n) is 6.12. The molecule has 1 fully saturated rings. The molecule has 82 valence electrons. The lowest BCUT2D eigenvalue weighted by molar-refractivity contribution is -0.128. The Bertz CT molecular complexity index is 189. The zero-order chi connectivity index (χ0) is 10.6. The smallest absolute Gasteiger partial charge is 0.139 e. The molecule has 1 aliphatic carbocycles. The number of hydrogen-bond acceptors (Lipinski definition) is 1. The second-order valence-electron chi connectivity index (χ2n) is 5.29. The summed E-state index contributed by atoms with van der Waals surface area (Å²) >= 11 is 0. The average molecular weight is 196 g/mol. The first-order chi connectivity index (χ1) is 6.58. The maximum absolute atomic E-state index is 12.1. The fraction of sp³-hybridized carbons (Fsp3) is 0.923. The number of rotatable bonds is 5. The first kappa shape index (κ1) is 11.7. The van der Waals surface area contributed by atoms with Gasteiger partial charge in [-0.2, -0.15) is 0 Å². The normalized spacial score (nSPS) is 22.2. The minimum absolute atomic E-state index is 0.0437. The Balaban J connectivity index is 2.40. The van der Waals surface area contributed by atoms with Gasteiger partial charge in [-0.15, -0.1) is 0 Å². The summed E-state index contributed by atoms with van der Waals surface area (Å²) in [6.07, 6.45) is 7.97. The third kappa shape index (κ3) is 2.83. The number of hydrogen-bond donors (Lipinski definition) is 0. The molecule has 1 saturated carbocycles. The van der Waals surface area contributed by atoms with Crippen LogP contribution in [-0.4, -0.2) is 5.78 Å². The second-order valence-corrected chi connectivity index (χ2v) is 5.29. The molecule has 0 spiro atoms. The van der Waals surface area contributed by atoms with Gasteiger partial charge >= 0.3 is 0 Å². The lowest BCUT2D eigenvalue weighted by atomic mass is 9.80. The van der Waals surface area contributed by atoms with Crippen LogP contribution in [-0.2, 0) is 4.79 Å². The van der Waals surface area contributed by atoms with Crippen molar-refractivity contribution in [3.63, 3.8) is 0 Å². The van der Waals surface area contributed by atoms with Crippen LogP contribution in [0.2, 0.25) is 0 Å². The molecule has 0 bridgehead atoms. The molecule has 14 heavy (non-hydrogen) atoms. The maximum Gasteiger partial charge on any atom is 0.139 e. The van der Waals surface area contributed by atoms with Gasteiger partial charge in [-0.1, -0.05) is 46.5 Å². The second kappa shape index (κ2) is 4.95. The topological polar surface area (TPSA) is 17.1 Å². The molecule has 0 aromatic carbocycles. The van der Waals surface area contributed by atoms with Gasteiger partial charge in [0.25, 0.3) is 0 Å². The van der Waals surface area contributed by atoms with Gasteiger partial charge in [0.15, 0.2) is 0 Å². The van der Waals surface area contributed by atoms with Crippen LogP contribution in [0.1, 0.15) is 65.7 Å². The number of carbonyl (C=O) groups excluding carboxylic acids is 1. The standard InChI is InChI=1S/C13H24O/c1-4-7-11(2)10-12(14)13(3)8-5-6-9-13/h11H,4-10H2,1-3H3. The van der Waals surface area contributed by atoms with Crippen LogP contribution in [0.15, 0.2) is 0 Å². The highest BCUT2D eigenvalue weighted by Gasteiger charge is 2.35. The molecular weight excluding hydrogens is 172 g/mol. The molecular formula is C13H24O. The van der Waals surface area contributed by atoms with E-state index in [0.717, 1.165) is 19.3 Å². The Morgan fingerprint density at radius 2 is 1.93 bits per heavy atom. The quantitative estimate of drug-likeness (QED) is 0.650. The minimum Gasteiger partial charge on any atom is -0.299 e. The monoisotopic (exact) mass is 196 g/mol. The summed E-state index contributed by atoms with van der Waals surface area (Å²) in [4.78, 5) is 12.1. The Morgan fingerprint density at radius 3 is 2.43 bits per heavy atom. The van der Waals surface area contributed by atoms with Crippen LogP contribution in [0, 0.1) is 11.3 Å². The van der Waals surface area contributed by atoms with Crippen molar-refractivity contribution in [1.29, 1.82) is 0 Å². The molecule has 0 heterocycles. The summed E-state index contributed by atoms with van der Waals surface area (Å²) in [5, 5.41) is 0. The van der Waals surface area contributed by atoms with E-state index < -0.39 is 0 Å². The van der Waals surface area contributed by atoms with Crippen LogP contribution in [0.25, 0.3) is 0 Å². The molecule has 1 unspecified atom stereocenters. The van der Waals surface area contributed by atoms with E-state index in [1.165, 1.54) is 25.7 Å². The van der Waals surface area contributed by atoms with Gasteiger partial charge in [-0.25, -0.2) is 0 Å². The van der Waals surface area contributed by atoms with Crippen LogP contribution in [0.5, 0.6) is 0 Å². The number of carbonyl (C=O) groups is 1. The van der Waals surface area contributed by atoms with Crippen LogP contribution in [0.3, 0.4) is 0 Å². The van der Waals surface area contributed by atoms with Crippen molar-refractivity contribution >= 4 is 5.78 Å². The predicted molar refractivity (Wildman–Crippen MR) is 60.3 cm³/mol. The zero-order valence-electron chi connectivity index (χ0n) is 9.94. The minimum atomic E-state index is 0.0437. The average Bonchev–Trinajstić information content (AvgIpc) is 2.54. The van der Waals surface area contributed by atoms with Gasteiger partial charge in [-0.3, -0.25) is 4.79 Å². The lowest BCUT2D eigenvalue weighted by Crippen LogP contribution is -2.25. The zero-order valence-corrected chi connectivity index (χ0v) is 9.94. The van der Waals surface area contributed by atoms with Crippen molar-refractivity contribution in [1.82, 2.24) is 0 Å². The van der Waals surface area contributed by atoms with Crippen molar-refractivity contribution in [3.05, 3.63) is 0 Å². The Hall–Kier alpha value is -0.330. The Labute approximate surface area is 88.3 Å². The highest BCUT2D eigenvalue weighted by Crippen LogP contribution is 2.39. The third-order valence-corrected chi connectivity index (χ3v) is 3.70. The van der Waals surface area contributed by atoms with Gasteiger partial charge in [-0.05, 0) is 18.8 Å². The van der Waals surface area contributed by atoms with E-state index in [4.69, 9.17) is 0 Å². The SMILES string of the molecule is CCCC(C)CC(=O)C1(C)CCCC1. The van der Waals surface area contributed by atoms with Crippen LogP contribution < -0.4 is 0 Å². The van der Waals surface area contributed by atoms with Crippen molar-refractivity contribution < 1.29 is 4.79 Å². The van der Waals surface area contributed by atoms with Gasteiger partial charge < -0.3 is 0 Å². The lowest BCUT2D eigenvalue weighted by Gasteiger charge is -2.23. The number of ketones is 1. The molecule has 0 saturated heterocycles. The molecule has 1 aliphatic rings. The van der Waals surface area contributed by atoms with E-state index in [0.29, 0.717) is 11.7 Å². The van der Waals surface area contributed by atoms with Crippen LogP contribution >= 0.6 is 0 Å². The molecule has 1 heteroatoms. The predicted octanol–water partition coefficient (Wildman–Crippen LogP) is 3.96. The van der Waals surface area contributed by atoms with Gasteiger partial charge in [0.2, 0.25) is 0 Å². The van der Waals surface area contributed by atoms with Gasteiger partial charge in [0, 0.05) is 11.8 Å². The van der Waals surface area contributed by atoms with E-state index in [-0.39, 0.29) is 5.41 Å². The maximum atomic E-state index is 12.1. The Kier molecular flexibility index (Phi) is 4.15. The van der Waals surface area contributed by atoms with Crippen molar-refractivity contribution in [3.8, 4) is 0 Å². The summed E-state index contributed by atoms with van der Waals surface area (Å²) in [5.41, 5.74) is 0.0437. The first-order valence-corrected chi connectivity index (χ1v) is 6.12. The fourth-order valence-electron chi connectivity index (χ4n) is 2.59. The van der Waals surface area contributed by atoms with Crippen LogP contribution in [0.4, 0.5) is 0 Å². The summed E-state index contributed by atoms with van der Waals surface area (Å²) in [5.74, 6) is 1.11. The van der Waals surface area contributed by atoms with E-state index >= 15 is 0 Å². The molecule has 0 amide bonds. The van der Waals surface area contributed by atoms with Crippen molar-refractivity contribution in [2.45, 2.75) is 65.7 Å². The van der Waals surface area contributed by atoms with Gasteiger partial charge in [0.1, 0.15) is 5.78 Å². The highest BCUT2D eigenvalue weighted by molar-refractivity contribution is 5.84. The summed E-state index contributed by atoms with van der Waals surface area (Å²) in [6, 6.07) is 0. The summed E-state index contributed by atoms with van der Waals surface area (Å²) in [6.45, 7) is 6.57. The van der Waals surface area contributed by atoms with Gasteiger partial charge in [0.05, 0.1) is 0 Å². The fourth-order valence-corrected chi connectivity index (χ4v) is 2.59. The van der Waals surface area contributed by atoms with E-state index in [1.807, 2.05) is 0 Å². The third-order valence-electron chi connectivity index (χ3n) is 3.70. The number of Topliss-reactive ketones (excluding diaryl/α,β-unsaturated/α-hetero) is 1. The van der Waals surface area contributed by atoms with E-state index in [1.54, 1.807) is 0 Å². The molecule has 1 rings (SSSR count).